The van der Waals surface area contributed by atoms with Crippen LogP contribution in [0.15, 0.2) is 33.9 Å². The van der Waals surface area contributed by atoms with Gasteiger partial charge in [0.15, 0.2) is 0 Å². The Morgan fingerprint density at radius 1 is 1.11 bits per heavy atom. The quantitative estimate of drug-likeness (QED) is 0.502. The first-order chi connectivity index (χ1) is 13.3. The van der Waals surface area contributed by atoms with Crippen LogP contribution in [0.4, 0.5) is 0 Å². The Morgan fingerprint density at radius 3 is 2.54 bits per heavy atom. The molecule has 1 aromatic heterocycles. The maximum Gasteiger partial charge on any atom is 0.325 e. The minimum absolute atomic E-state index is 0.0825. The van der Waals surface area contributed by atoms with E-state index in [1.54, 1.807) is 25.1 Å². The molecule has 0 saturated carbocycles. The fraction of sp³-hybridized carbons (Fsp3) is 0.222. The molecule has 0 saturated heterocycles. The number of aromatic amines is 2. The molecule has 2 rings (SSSR count). The van der Waals surface area contributed by atoms with Gasteiger partial charge in [-0.15, -0.1) is 0 Å². The molecule has 0 unspecified atom stereocenters. The zero-order valence-corrected chi connectivity index (χ0v) is 16.4. The van der Waals surface area contributed by atoms with Crippen molar-refractivity contribution >= 4 is 41.1 Å². The second-order valence-corrected chi connectivity index (χ2v) is 6.66. The van der Waals surface area contributed by atoms with Gasteiger partial charge in [-0.05, 0) is 30.7 Å². The Balaban J connectivity index is 1.77. The van der Waals surface area contributed by atoms with Crippen LogP contribution in [0.1, 0.15) is 23.2 Å². The molecule has 28 heavy (non-hydrogen) atoms. The molecule has 1 heterocycles. The molecule has 0 radical (unpaired) electrons. The highest BCUT2D eigenvalue weighted by atomic mass is 35.5. The molecule has 0 bridgehead atoms. The van der Waals surface area contributed by atoms with E-state index in [1.807, 2.05) is 0 Å². The minimum atomic E-state index is -0.615. The van der Waals surface area contributed by atoms with Gasteiger partial charge in [-0.2, -0.15) is 0 Å². The maximum absolute atomic E-state index is 11.8. The van der Waals surface area contributed by atoms with Gasteiger partial charge in [0.05, 0.1) is 15.6 Å². The number of halogens is 2. The van der Waals surface area contributed by atoms with Gasteiger partial charge in [0, 0.05) is 31.3 Å². The van der Waals surface area contributed by atoms with Crippen LogP contribution in [-0.2, 0) is 16.1 Å². The summed E-state index contributed by atoms with van der Waals surface area (Å²) in [5, 5.41) is 6.09. The second-order valence-electron chi connectivity index (χ2n) is 5.85. The van der Waals surface area contributed by atoms with E-state index in [4.69, 9.17) is 23.2 Å². The van der Waals surface area contributed by atoms with Crippen LogP contribution in [0, 0.1) is 6.92 Å². The number of carbonyl (C=O) groups is 2. The lowest BCUT2D eigenvalue weighted by Gasteiger charge is -2.07. The Kier molecular flexibility index (Phi) is 7.60. The third kappa shape index (κ3) is 6.40. The normalized spacial score (nSPS) is 10.8. The van der Waals surface area contributed by atoms with Crippen molar-refractivity contribution in [2.45, 2.75) is 19.9 Å². The monoisotopic (exact) mass is 424 g/mol. The average molecular weight is 425 g/mol. The Morgan fingerprint density at radius 2 is 1.86 bits per heavy atom. The predicted octanol–water partition coefficient (Wildman–Crippen LogP) is 1.51. The van der Waals surface area contributed by atoms with Crippen molar-refractivity contribution in [2.24, 2.45) is 0 Å². The van der Waals surface area contributed by atoms with Crippen LogP contribution < -0.4 is 21.9 Å². The van der Waals surface area contributed by atoms with Gasteiger partial charge in [0.2, 0.25) is 11.8 Å². The molecule has 1 aromatic carbocycles. The van der Waals surface area contributed by atoms with E-state index in [0.29, 0.717) is 15.7 Å². The molecule has 8 nitrogen and oxygen atoms in total. The first-order valence-corrected chi connectivity index (χ1v) is 9.01. The van der Waals surface area contributed by atoms with Crippen LogP contribution in [0.3, 0.4) is 0 Å². The van der Waals surface area contributed by atoms with Crippen LogP contribution in [-0.4, -0.2) is 28.3 Å². The number of H-pyrrole nitrogens is 2. The first kappa shape index (κ1) is 21.5. The standard InChI is InChI=1S/C18H18Cl2N4O4/c1-10-12(17(27)24-18(28)23-10)3-5-15(25)21-7-6-16(26)22-9-11-2-4-13(19)14(20)8-11/h2-5,8H,6-7,9H2,1H3,(H,21,25)(H,22,26)(H2,23,24,27,28)/b5-3+. The van der Waals surface area contributed by atoms with Gasteiger partial charge < -0.3 is 15.6 Å². The van der Waals surface area contributed by atoms with E-state index in [-0.39, 0.29) is 31.0 Å². The molecule has 0 spiro atoms. The number of aryl methyl sites for hydroxylation is 1. The fourth-order valence-electron chi connectivity index (χ4n) is 2.27. The molecule has 2 aromatic rings. The van der Waals surface area contributed by atoms with E-state index < -0.39 is 17.2 Å². The number of rotatable bonds is 7. The maximum atomic E-state index is 11.8. The summed E-state index contributed by atoms with van der Waals surface area (Å²) in [6.45, 7) is 1.96. The largest absolute Gasteiger partial charge is 0.352 e. The molecule has 0 aliphatic heterocycles. The number of amides is 2. The topological polar surface area (TPSA) is 124 Å². The molecule has 148 valence electrons. The highest BCUT2D eigenvalue weighted by Gasteiger charge is 2.06. The molecule has 0 fully saturated rings. The van der Waals surface area contributed by atoms with E-state index >= 15 is 0 Å². The number of nitrogens with one attached hydrogen (secondary N) is 4. The fourth-order valence-corrected chi connectivity index (χ4v) is 2.59. The van der Waals surface area contributed by atoms with Gasteiger partial charge in [0.25, 0.3) is 5.56 Å². The summed E-state index contributed by atoms with van der Waals surface area (Å²) in [7, 11) is 0. The Labute approximate surface area is 170 Å². The molecular formula is C18H18Cl2N4O4. The van der Waals surface area contributed by atoms with Crippen LogP contribution in [0.2, 0.25) is 10.0 Å². The number of benzene rings is 1. The third-order valence-electron chi connectivity index (χ3n) is 3.70. The van der Waals surface area contributed by atoms with Crippen LogP contribution >= 0.6 is 23.2 Å². The van der Waals surface area contributed by atoms with Crippen molar-refractivity contribution in [1.82, 2.24) is 20.6 Å². The molecular weight excluding hydrogens is 407 g/mol. The second kappa shape index (κ2) is 9.91. The highest BCUT2D eigenvalue weighted by Crippen LogP contribution is 2.22. The van der Waals surface area contributed by atoms with Gasteiger partial charge in [-0.3, -0.25) is 19.4 Å². The summed E-state index contributed by atoms with van der Waals surface area (Å²) >= 11 is 11.7. The lowest BCUT2D eigenvalue weighted by molar-refractivity contribution is -0.121. The summed E-state index contributed by atoms with van der Waals surface area (Å²) < 4.78 is 0. The van der Waals surface area contributed by atoms with Crippen molar-refractivity contribution in [3.63, 3.8) is 0 Å². The average Bonchev–Trinajstić information content (AvgIpc) is 2.61. The van der Waals surface area contributed by atoms with Crippen LogP contribution in [0.25, 0.3) is 6.08 Å². The molecule has 0 atom stereocenters. The number of hydrogen-bond acceptors (Lipinski definition) is 4. The van der Waals surface area contributed by atoms with Gasteiger partial charge in [-0.1, -0.05) is 29.3 Å². The van der Waals surface area contributed by atoms with Crippen molar-refractivity contribution in [3.8, 4) is 0 Å². The zero-order valence-electron chi connectivity index (χ0n) is 14.9. The van der Waals surface area contributed by atoms with Gasteiger partial charge in [-0.25, -0.2) is 4.79 Å². The lowest BCUT2D eigenvalue weighted by Crippen LogP contribution is -2.29. The smallest absolute Gasteiger partial charge is 0.325 e. The highest BCUT2D eigenvalue weighted by molar-refractivity contribution is 6.42. The Bertz CT molecular complexity index is 1030. The first-order valence-electron chi connectivity index (χ1n) is 8.26. The van der Waals surface area contributed by atoms with E-state index in [1.165, 1.54) is 6.08 Å². The zero-order chi connectivity index (χ0) is 20.7. The van der Waals surface area contributed by atoms with E-state index in [2.05, 4.69) is 20.6 Å². The van der Waals surface area contributed by atoms with Gasteiger partial charge >= 0.3 is 5.69 Å². The van der Waals surface area contributed by atoms with Gasteiger partial charge in [0.1, 0.15) is 0 Å². The van der Waals surface area contributed by atoms with Crippen molar-refractivity contribution in [2.75, 3.05) is 6.54 Å². The molecule has 4 N–H and O–H groups in total. The summed E-state index contributed by atoms with van der Waals surface area (Å²) in [6.07, 6.45) is 2.53. The predicted molar refractivity (Wildman–Crippen MR) is 107 cm³/mol. The molecule has 10 heteroatoms. The van der Waals surface area contributed by atoms with Crippen molar-refractivity contribution in [3.05, 3.63) is 72.0 Å². The number of carbonyl (C=O) groups excluding carboxylic acids is 2. The minimum Gasteiger partial charge on any atom is -0.352 e. The van der Waals surface area contributed by atoms with E-state index in [9.17, 15) is 19.2 Å². The SMILES string of the molecule is Cc1[nH]c(=O)[nH]c(=O)c1/C=C/C(=O)NCCC(=O)NCc1ccc(Cl)c(Cl)c1. The number of hydrogen-bond donors (Lipinski definition) is 4. The Hall–Kier alpha value is -2.84. The summed E-state index contributed by atoms with van der Waals surface area (Å²) in [4.78, 5) is 50.9. The summed E-state index contributed by atoms with van der Waals surface area (Å²) in [5.41, 5.74) is 0.118. The summed E-state index contributed by atoms with van der Waals surface area (Å²) in [6, 6.07) is 5.06. The molecule has 2 amide bonds. The molecule has 0 aliphatic carbocycles. The molecule has 0 aliphatic rings. The van der Waals surface area contributed by atoms with E-state index in [0.717, 1.165) is 11.6 Å². The van der Waals surface area contributed by atoms with Crippen molar-refractivity contribution < 1.29 is 9.59 Å². The summed E-state index contributed by atoms with van der Waals surface area (Å²) in [5.74, 6) is -0.717. The van der Waals surface area contributed by atoms with Crippen molar-refractivity contribution in [1.29, 1.82) is 0 Å². The lowest BCUT2D eigenvalue weighted by atomic mass is 10.2. The van der Waals surface area contributed by atoms with Crippen LogP contribution in [0.5, 0.6) is 0 Å². The third-order valence-corrected chi connectivity index (χ3v) is 4.44. The number of aromatic nitrogens is 2.